The highest BCUT2D eigenvalue weighted by Gasteiger charge is 2.08. The number of amides is 1. The second kappa shape index (κ2) is 5.11. The Balaban J connectivity index is 2.54. The van der Waals surface area contributed by atoms with Crippen LogP contribution in [0.2, 0.25) is 0 Å². The molecule has 1 amide bonds. The predicted octanol–water partition coefficient (Wildman–Crippen LogP) is 0.741. The van der Waals surface area contributed by atoms with Crippen LogP contribution in [-0.2, 0) is 9.63 Å². The van der Waals surface area contributed by atoms with Gasteiger partial charge in [0.2, 0.25) is 0 Å². The van der Waals surface area contributed by atoms with E-state index in [9.17, 15) is 9.59 Å². The van der Waals surface area contributed by atoms with E-state index in [0.29, 0.717) is 5.56 Å². The van der Waals surface area contributed by atoms with E-state index in [4.69, 9.17) is 5.11 Å². The van der Waals surface area contributed by atoms with Crippen LogP contribution >= 0.6 is 0 Å². The van der Waals surface area contributed by atoms with Crippen molar-refractivity contribution in [2.75, 3.05) is 6.61 Å². The Kier molecular flexibility index (Phi) is 3.82. The SMILES string of the molecule is Cc1ccccc1C(=O)NOCC(=O)O. The minimum absolute atomic E-state index is 0.450. The highest BCUT2D eigenvalue weighted by atomic mass is 16.7. The molecule has 1 rings (SSSR count). The molecule has 80 valence electrons. The summed E-state index contributed by atoms with van der Waals surface area (Å²) in [5, 5.41) is 8.28. The number of benzene rings is 1. The fourth-order valence-corrected chi connectivity index (χ4v) is 1.05. The number of hydrogen-bond donors (Lipinski definition) is 2. The zero-order valence-electron chi connectivity index (χ0n) is 8.19. The van der Waals surface area contributed by atoms with Gasteiger partial charge in [-0.3, -0.25) is 9.63 Å². The van der Waals surface area contributed by atoms with Gasteiger partial charge in [0.1, 0.15) is 0 Å². The van der Waals surface area contributed by atoms with E-state index in [0.717, 1.165) is 5.56 Å². The first-order valence-electron chi connectivity index (χ1n) is 4.31. The summed E-state index contributed by atoms with van der Waals surface area (Å²) in [6.45, 7) is 1.23. The van der Waals surface area contributed by atoms with Crippen molar-refractivity contribution < 1.29 is 19.5 Å². The molecule has 0 unspecified atom stereocenters. The van der Waals surface area contributed by atoms with Gasteiger partial charge in [0.05, 0.1) is 0 Å². The molecule has 0 aliphatic carbocycles. The molecule has 5 nitrogen and oxygen atoms in total. The Morgan fingerprint density at radius 1 is 1.40 bits per heavy atom. The Morgan fingerprint density at radius 3 is 2.67 bits per heavy atom. The molecular weight excluding hydrogens is 198 g/mol. The van der Waals surface area contributed by atoms with E-state index >= 15 is 0 Å². The molecule has 0 aromatic heterocycles. The van der Waals surface area contributed by atoms with Crippen molar-refractivity contribution in [3.63, 3.8) is 0 Å². The minimum atomic E-state index is -1.14. The summed E-state index contributed by atoms with van der Waals surface area (Å²) in [5.41, 5.74) is 3.31. The Bertz CT molecular complexity index is 375. The highest BCUT2D eigenvalue weighted by molar-refractivity contribution is 5.94. The molecule has 1 aromatic carbocycles. The molecule has 0 saturated heterocycles. The first-order valence-corrected chi connectivity index (χ1v) is 4.31. The number of carbonyl (C=O) groups is 2. The molecule has 15 heavy (non-hydrogen) atoms. The number of carboxylic acid groups (broad SMARTS) is 1. The number of aryl methyl sites for hydroxylation is 1. The number of nitrogens with one attached hydrogen (secondary N) is 1. The topological polar surface area (TPSA) is 75.6 Å². The molecule has 2 N–H and O–H groups in total. The Hall–Kier alpha value is -1.88. The van der Waals surface area contributed by atoms with Crippen LogP contribution in [0.4, 0.5) is 0 Å². The number of aliphatic carboxylic acids is 1. The number of carbonyl (C=O) groups excluding carboxylic acids is 1. The van der Waals surface area contributed by atoms with Crippen molar-refractivity contribution in [1.82, 2.24) is 5.48 Å². The summed E-state index contributed by atoms with van der Waals surface area (Å²) >= 11 is 0. The van der Waals surface area contributed by atoms with E-state index in [1.807, 2.05) is 6.07 Å². The van der Waals surface area contributed by atoms with Gasteiger partial charge in [0.15, 0.2) is 6.61 Å². The van der Waals surface area contributed by atoms with Crippen molar-refractivity contribution in [3.05, 3.63) is 35.4 Å². The normalized spacial score (nSPS) is 9.67. The predicted molar refractivity (Wildman–Crippen MR) is 52.2 cm³/mol. The van der Waals surface area contributed by atoms with Crippen LogP contribution in [-0.4, -0.2) is 23.6 Å². The summed E-state index contributed by atoms with van der Waals surface area (Å²) < 4.78 is 0. The quantitative estimate of drug-likeness (QED) is 0.717. The van der Waals surface area contributed by atoms with Gasteiger partial charge in [0.25, 0.3) is 5.91 Å². The fourth-order valence-electron chi connectivity index (χ4n) is 1.05. The lowest BCUT2D eigenvalue weighted by atomic mass is 10.1. The lowest BCUT2D eigenvalue weighted by molar-refractivity contribution is -0.144. The average Bonchev–Trinajstić information content (AvgIpc) is 2.17. The molecule has 5 heteroatoms. The Labute approximate surface area is 86.6 Å². The second-order valence-electron chi connectivity index (χ2n) is 2.93. The van der Waals surface area contributed by atoms with Crippen LogP contribution in [0.25, 0.3) is 0 Å². The molecule has 0 bridgehead atoms. The number of hydroxylamine groups is 1. The fraction of sp³-hybridized carbons (Fsp3) is 0.200. The first kappa shape index (κ1) is 11.2. The summed E-state index contributed by atoms with van der Waals surface area (Å²) in [6.07, 6.45) is 0. The van der Waals surface area contributed by atoms with Crippen LogP contribution < -0.4 is 5.48 Å². The average molecular weight is 209 g/mol. The third-order valence-electron chi connectivity index (χ3n) is 1.75. The van der Waals surface area contributed by atoms with Gasteiger partial charge in [-0.1, -0.05) is 18.2 Å². The van der Waals surface area contributed by atoms with Crippen molar-refractivity contribution in [2.24, 2.45) is 0 Å². The van der Waals surface area contributed by atoms with Gasteiger partial charge in [-0.2, -0.15) is 0 Å². The lowest BCUT2D eigenvalue weighted by Crippen LogP contribution is -2.27. The minimum Gasteiger partial charge on any atom is -0.479 e. The van der Waals surface area contributed by atoms with Gasteiger partial charge >= 0.3 is 5.97 Å². The maximum Gasteiger partial charge on any atom is 0.332 e. The third-order valence-corrected chi connectivity index (χ3v) is 1.75. The lowest BCUT2D eigenvalue weighted by Gasteiger charge is -2.05. The summed E-state index contributed by atoms with van der Waals surface area (Å²) in [4.78, 5) is 26.0. The zero-order valence-corrected chi connectivity index (χ0v) is 8.19. The van der Waals surface area contributed by atoms with Crippen LogP contribution in [0.5, 0.6) is 0 Å². The van der Waals surface area contributed by atoms with Gasteiger partial charge in [0, 0.05) is 5.56 Å². The maximum absolute atomic E-state index is 11.4. The maximum atomic E-state index is 11.4. The molecule has 1 aromatic rings. The van der Waals surface area contributed by atoms with Crippen molar-refractivity contribution in [3.8, 4) is 0 Å². The van der Waals surface area contributed by atoms with Gasteiger partial charge in [-0.15, -0.1) is 0 Å². The molecule has 0 aliphatic heterocycles. The van der Waals surface area contributed by atoms with Gasteiger partial charge in [-0.25, -0.2) is 10.3 Å². The van der Waals surface area contributed by atoms with E-state index < -0.39 is 18.5 Å². The smallest absolute Gasteiger partial charge is 0.332 e. The molecule has 0 spiro atoms. The van der Waals surface area contributed by atoms with Crippen molar-refractivity contribution >= 4 is 11.9 Å². The van der Waals surface area contributed by atoms with Crippen LogP contribution in [0.1, 0.15) is 15.9 Å². The largest absolute Gasteiger partial charge is 0.479 e. The van der Waals surface area contributed by atoms with E-state index in [1.165, 1.54) is 0 Å². The van der Waals surface area contributed by atoms with Crippen molar-refractivity contribution in [2.45, 2.75) is 6.92 Å². The summed E-state index contributed by atoms with van der Waals surface area (Å²) in [5.74, 6) is -1.59. The van der Waals surface area contributed by atoms with E-state index in [-0.39, 0.29) is 0 Å². The van der Waals surface area contributed by atoms with E-state index in [1.54, 1.807) is 25.1 Å². The number of rotatable bonds is 4. The first-order chi connectivity index (χ1) is 7.11. The molecule has 0 atom stereocenters. The monoisotopic (exact) mass is 209 g/mol. The molecule has 0 saturated carbocycles. The number of carboxylic acids is 1. The standard InChI is InChI=1S/C10H11NO4/c1-7-4-2-3-5-8(7)10(14)11-15-6-9(12)13/h2-5H,6H2,1H3,(H,11,14)(H,12,13). The molecule has 0 fully saturated rings. The third kappa shape index (κ3) is 3.40. The van der Waals surface area contributed by atoms with Crippen LogP contribution in [0.3, 0.4) is 0 Å². The second-order valence-corrected chi connectivity index (χ2v) is 2.93. The molecular formula is C10H11NO4. The Morgan fingerprint density at radius 2 is 2.07 bits per heavy atom. The molecule has 0 radical (unpaired) electrons. The van der Waals surface area contributed by atoms with Crippen LogP contribution in [0.15, 0.2) is 24.3 Å². The molecule has 0 heterocycles. The summed E-state index contributed by atoms with van der Waals surface area (Å²) in [6, 6.07) is 6.95. The highest BCUT2D eigenvalue weighted by Crippen LogP contribution is 2.06. The number of hydrogen-bond acceptors (Lipinski definition) is 3. The van der Waals surface area contributed by atoms with Crippen molar-refractivity contribution in [1.29, 1.82) is 0 Å². The molecule has 0 aliphatic rings. The van der Waals surface area contributed by atoms with Gasteiger partial charge in [-0.05, 0) is 18.6 Å². The van der Waals surface area contributed by atoms with Gasteiger partial charge < -0.3 is 5.11 Å². The zero-order chi connectivity index (χ0) is 11.3. The summed E-state index contributed by atoms with van der Waals surface area (Å²) in [7, 11) is 0. The van der Waals surface area contributed by atoms with Crippen LogP contribution in [0, 0.1) is 6.92 Å². The van der Waals surface area contributed by atoms with E-state index in [2.05, 4.69) is 10.3 Å².